The predicted molar refractivity (Wildman–Crippen MR) is 97.0 cm³/mol. The Labute approximate surface area is 157 Å². The fraction of sp³-hybridized carbons (Fsp3) is 0.278. The largest absolute Gasteiger partial charge is 0.192 e. The van der Waals surface area contributed by atoms with Gasteiger partial charge in [-0.1, -0.05) is 24.4 Å². The average Bonchev–Trinajstić information content (AvgIpc) is 3.32. The Morgan fingerprint density at radius 2 is 1.24 bits per heavy atom. The van der Waals surface area contributed by atoms with Crippen LogP contribution in [0.15, 0.2) is 23.3 Å². The Balaban J connectivity index is 2.15. The molecule has 1 aromatic rings. The summed E-state index contributed by atoms with van der Waals surface area (Å²) in [6.07, 6.45) is 5.21. The van der Waals surface area contributed by atoms with Gasteiger partial charge in [0, 0.05) is 23.0 Å². The van der Waals surface area contributed by atoms with E-state index in [1.165, 1.54) is 22.7 Å². The molecular formula is C18H8N4S3. The van der Waals surface area contributed by atoms with Gasteiger partial charge in [0.05, 0.1) is 9.75 Å². The van der Waals surface area contributed by atoms with Gasteiger partial charge in [0.1, 0.15) is 38.6 Å². The molecule has 4 nitrogen and oxygen atoms in total. The van der Waals surface area contributed by atoms with E-state index in [0.717, 1.165) is 27.3 Å². The highest BCUT2D eigenvalue weighted by atomic mass is 32.2. The Hall–Kier alpha value is -2.55. The summed E-state index contributed by atoms with van der Waals surface area (Å²) in [5.41, 5.74) is 1.77. The van der Waals surface area contributed by atoms with Gasteiger partial charge >= 0.3 is 0 Å². The second-order valence-corrected chi connectivity index (χ2v) is 9.36. The number of allylic oxidation sites excluding steroid dienone is 6. The van der Waals surface area contributed by atoms with Gasteiger partial charge in [-0.3, -0.25) is 0 Å². The van der Waals surface area contributed by atoms with E-state index in [9.17, 15) is 21.0 Å². The molecular weight excluding hydrogens is 368 g/mol. The SMILES string of the molecule is N#CC(C#N)=C1c2sc(=S)sc2C(=C(C#N)C#N)C2C1[C@@H]1C=C[C@H]2C1. The van der Waals surface area contributed by atoms with Gasteiger partial charge in [0.2, 0.25) is 0 Å². The van der Waals surface area contributed by atoms with Crippen molar-refractivity contribution in [3.63, 3.8) is 0 Å². The van der Waals surface area contributed by atoms with E-state index in [1.807, 2.05) is 24.3 Å². The van der Waals surface area contributed by atoms with Crippen molar-refractivity contribution in [3.05, 3.63) is 36.2 Å². The van der Waals surface area contributed by atoms with Gasteiger partial charge in [-0.05, 0) is 18.3 Å². The van der Waals surface area contributed by atoms with Crippen molar-refractivity contribution in [2.45, 2.75) is 6.42 Å². The quantitative estimate of drug-likeness (QED) is 0.375. The van der Waals surface area contributed by atoms with Crippen molar-refractivity contribution < 1.29 is 0 Å². The van der Waals surface area contributed by atoms with Crippen molar-refractivity contribution in [1.82, 2.24) is 0 Å². The first-order chi connectivity index (χ1) is 12.1. The van der Waals surface area contributed by atoms with Gasteiger partial charge in [-0.15, -0.1) is 22.7 Å². The van der Waals surface area contributed by atoms with Gasteiger partial charge in [0.25, 0.3) is 0 Å². The summed E-state index contributed by atoms with van der Waals surface area (Å²) >= 11 is 8.10. The number of hydrogen-bond acceptors (Lipinski definition) is 7. The summed E-state index contributed by atoms with van der Waals surface area (Å²) in [5.74, 6) is 0.376. The van der Waals surface area contributed by atoms with E-state index >= 15 is 0 Å². The lowest BCUT2D eigenvalue weighted by atomic mass is 9.68. The molecule has 1 heterocycles. The van der Waals surface area contributed by atoms with E-state index in [4.69, 9.17) is 12.2 Å². The van der Waals surface area contributed by atoms with Gasteiger partial charge in [-0.25, -0.2) is 0 Å². The highest BCUT2D eigenvalue weighted by Crippen LogP contribution is 2.63. The van der Waals surface area contributed by atoms with Crippen LogP contribution in [-0.2, 0) is 0 Å². The summed E-state index contributed by atoms with van der Waals surface area (Å²) in [5, 5.41) is 37.9. The molecule has 0 amide bonds. The van der Waals surface area contributed by atoms with Crippen LogP contribution in [0.5, 0.6) is 0 Å². The third-order valence-corrected chi connectivity index (χ3v) is 7.90. The van der Waals surface area contributed by atoms with E-state index in [1.54, 1.807) is 0 Å². The molecule has 0 aliphatic heterocycles. The minimum atomic E-state index is -0.0382. The molecule has 118 valence electrons. The van der Waals surface area contributed by atoms with Crippen molar-refractivity contribution in [3.8, 4) is 24.3 Å². The second kappa shape index (κ2) is 5.76. The van der Waals surface area contributed by atoms with E-state index in [-0.39, 0.29) is 34.8 Å². The lowest BCUT2D eigenvalue weighted by Gasteiger charge is -2.36. The van der Waals surface area contributed by atoms with Crippen LogP contribution in [0.3, 0.4) is 0 Å². The molecule has 1 saturated carbocycles. The zero-order valence-corrected chi connectivity index (χ0v) is 15.1. The van der Waals surface area contributed by atoms with Crippen LogP contribution in [0.25, 0.3) is 11.1 Å². The molecule has 0 aromatic carbocycles. The first-order valence-electron chi connectivity index (χ1n) is 7.56. The molecule has 3 aliphatic carbocycles. The lowest BCUT2D eigenvalue weighted by Crippen LogP contribution is -2.27. The Kier molecular flexibility index (Phi) is 3.68. The minimum Gasteiger partial charge on any atom is -0.192 e. The van der Waals surface area contributed by atoms with Crippen LogP contribution in [0.4, 0.5) is 0 Å². The average molecular weight is 376 g/mol. The highest BCUT2D eigenvalue weighted by molar-refractivity contribution is 7.76. The summed E-state index contributed by atoms with van der Waals surface area (Å²) < 4.78 is 0.672. The molecule has 25 heavy (non-hydrogen) atoms. The molecule has 4 rings (SSSR count). The normalized spacial score (nSPS) is 27.5. The highest BCUT2D eigenvalue weighted by Gasteiger charge is 2.53. The maximum absolute atomic E-state index is 9.49. The molecule has 2 unspecified atom stereocenters. The fourth-order valence-electron chi connectivity index (χ4n) is 4.40. The topological polar surface area (TPSA) is 95.2 Å². The number of hydrogen-bond donors (Lipinski definition) is 0. The van der Waals surface area contributed by atoms with Crippen molar-refractivity contribution in [2.75, 3.05) is 0 Å². The molecule has 0 saturated heterocycles. The zero-order chi connectivity index (χ0) is 17.7. The van der Waals surface area contributed by atoms with Crippen LogP contribution in [0.1, 0.15) is 16.2 Å². The van der Waals surface area contributed by atoms with Gasteiger partial charge < -0.3 is 0 Å². The molecule has 0 spiro atoms. The lowest BCUT2D eigenvalue weighted by molar-refractivity contribution is 0.468. The first-order valence-corrected chi connectivity index (χ1v) is 9.60. The van der Waals surface area contributed by atoms with Crippen LogP contribution in [0, 0.1) is 72.1 Å². The Bertz CT molecular complexity index is 1000. The summed E-state index contributed by atoms with van der Waals surface area (Å²) in [6, 6.07) is 8.17. The predicted octanol–water partition coefficient (Wildman–Crippen LogP) is 4.59. The third-order valence-electron chi connectivity index (χ3n) is 5.18. The molecule has 1 aromatic heterocycles. The fourth-order valence-corrected chi connectivity index (χ4v) is 7.25. The minimum absolute atomic E-state index is 0.0382. The van der Waals surface area contributed by atoms with Crippen molar-refractivity contribution >= 4 is 46.0 Å². The Morgan fingerprint density at radius 3 is 1.60 bits per heavy atom. The molecule has 1 fully saturated rings. The van der Waals surface area contributed by atoms with Gasteiger partial charge in [-0.2, -0.15) is 21.0 Å². The van der Waals surface area contributed by atoms with Crippen molar-refractivity contribution in [2.24, 2.45) is 23.7 Å². The van der Waals surface area contributed by atoms with Crippen LogP contribution < -0.4 is 0 Å². The molecule has 2 bridgehead atoms. The number of nitriles is 4. The monoisotopic (exact) mass is 376 g/mol. The van der Waals surface area contributed by atoms with E-state index in [2.05, 4.69) is 12.2 Å². The number of nitrogens with zero attached hydrogens (tertiary/aromatic N) is 4. The van der Waals surface area contributed by atoms with Crippen LogP contribution >= 0.6 is 34.9 Å². The first kappa shape index (κ1) is 15.9. The van der Waals surface area contributed by atoms with Crippen molar-refractivity contribution in [1.29, 1.82) is 21.0 Å². The maximum atomic E-state index is 9.49. The summed E-state index contributed by atoms with van der Waals surface area (Å²) in [7, 11) is 0. The number of rotatable bonds is 0. The van der Waals surface area contributed by atoms with E-state index < -0.39 is 0 Å². The standard InChI is InChI=1S/C18H8N4S3/c19-4-10(5-20)14-12-8-1-2-9(3-8)13(12)15(11(6-21)7-22)17-16(14)24-18(23)25-17/h1-2,8-9,12-13H,3H2/t8-,9+,12?,13?. The Morgan fingerprint density at radius 1 is 0.840 bits per heavy atom. The summed E-state index contributed by atoms with van der Waals surface area (Å²) in [6.45, 7) is 0. The van der Waals surface area contributed by atoms with E-state index in [0.29, 0.717) is 3.14 Å². The smallest absolute Gasteiger partial charge is 0.144 e. The van der Waals surface area contributed by atoms with Gasteiger partial charge in [0.15, 0.2) is 0 Å². The molecule has 3 aliphatic rings. The van der Waals surface area contributed by atoms with Crippen LogP contribution in [-0.4, -0.2) is 0 Å². The maximum Gasteiger partial charge on any atom is 0.144 e. The third kappa shape index (κ3) is 2.08. The number of fused-ring (bicyclic) bond motifs is 6. The molecule has 0 radical (unpaired) electrons. The zero-order valence-electron chi connectivity index (χ0n) is 12.7. The molecule has 7 heteroatoms. The molecule has 4 atom stereocenters. The second-order valence-electron chi connectivity index (χ2n) is 6.14. The van der Waals surface area contributed by atoms with Crippen LogP contribution in [0.2, 0.25) is 0 Å². The summed E-state index contributed by atoms with van der Waals surface area (Å²) in [4.78, 5) is 1.60. The molecule has 0 N–H and O–H groups in total.